The van der Waals surface area contributed by atoms with E-state index in [2.05, 4.69) is 36.3 Å². The summed E-state index contributed by atoms with van der Waals surface area (Å²) in [6.07, 6.45) is 8.30. The number of rotatable bonds is 3. The van der Waals surface area contributed by atoms with E-state index in [0.717, 1.165) is 26.1 Å². The lowest BCUT2D eigenvalue weighted by Gasteiger charge is -2.42. The first-order valence-corrected chi connectivity index (χ1v) is 8.44. The molecule has 3 atom stereocenters. The first-order chi connectivity index (χ1) is 10.1. The van der Waals surface area contributed by atoms with Gasteiger partial charge >= 0.3 is 0 Å². The second-order valence-corrected chi connectivity index (χ2v) is 7.11. The Labute approximate surface area is 128 Å². The van der Waals surface area contributed by atoms with Crippen molar-refractivity contribution in [2.75, 3.05) is 19.6 Å². The SMILES string of the molecule is C=C(C)[C@@H]1CC=C(CN2C[C@H]3CCCN3C(=O)[C@H]2C)CC1. The maximum Gasteiger partial charge on any atom is 0.239 e. The Morgan fingerprint density at radius 3 is 2.90 bits per heavy atom. The van der Waals surface area contributed by atoms with Crippen molar-refractivity contribution in [3.05, 3.63) is 23.8 Å². The van der Waals surface area contributed by atoms with Crippen molar-refractivity contribution >= 4 is 5.91 Å². The average Bonchev–Trinajstić information content (AvgIpc) is 2.93. The monoisotopic (exact) mass is 288 g/mol. The number of amides is 1. The van der Waals surface area contributed by atoms with Crippen molar-refractivity contribution in [3.8, 4) is 0 Å². The maximum absolute atomic E-state index is 12.5. The number of carbonyl (C=O) groups is 1. The van der Waals surface area contributed by atoms with Crippen LogP contribution in [-0.2, 0) is 4.79 Å². The fourth-order valence-corrected chi connectivity index (χ4v) is 4.08. The summed E-state index contributed by atoms with van der Waals surface area (Å²) in [6, 6.07) is 0.528. The molecule has 3 heteroatoms. The van der Waals surface area contributed by atoms with Gasteiger partial charge in [0.1, 0.15) is 0 Å². The summed E-state index contributed by atoms with van der Waals surface area (Å²) < 4.78 is 0. The lowest BCUT2D eigenvalue weighted by Crippen LogP contribution is -2.58. The number of allylic oxidation sites excluding steroid dienone is 2. The Kier molecular flexibility index (Phi) is 4.21. The predicted molar refractivity (Wildman–Crippen MR) is 86.0 cm³/mol. The lowest BCUT2D eigenvalue weighted by molar-refractivity contribution is -0.142. The van der Waals surface area contributed by atoms with Crippen molar-refractivity contribution in [2.24, 2.45) is 5.92 Å². The van der Waals surface area contributed by atoms with Crippen molar-refractivity contribution in [3.63, 3.8) is 0 Å². The quantitative estimate of drug-likeness (QED) is 0.745. The van der Waals surface area contributed by atoms with Crippen LogP contribution >= 0.6 is 0 Å². The fourth-order valence-electron chi connectivity index (χ4n) is 4.08. The summed E-state index contributed by atoms with van der Waals surface area (Å²) >= 11 is 0. The maximum atomic E-state index is 12.5. The molecule has 0 bridgehead atoms. The Morgan fingerprint density at radius 2 is 2.24 bits per heavy atom. The van der Waals surface area contributed by atoms with Crippen LogP contribution in [0.2, 0.25) is 0 Å². The molecule has 21 heavy (non-hydrogen) atoms. The van der Waals surface area contributed by atoms with E-state index < -0.39 is 0 Å². The van der Waals surface area contributed by atoms with Crippen LogP contribution in [0.4, 0.5) is 0 Å². The molecule has 1 aliphatic carbocycles. The Hall–Kier alpha value is -1.09. The molecule has 3 aliphatic rings. The second kappa shape index (κ2) is 5.96. The van der Waals surface area contributed by atoms with Crippen LogP contribution < -0.4 is 0 Å². The largest absolute Gasteiger partial charge is 0.337 e. The van der Waals surface area contributed by atoms with Gasteiger partial charge in [0.25, 0.3) is 0 Å². The molecule has 0 saturated carbocycles. The molecule has 116 valence electrons. The van der Waals surface area contributed by atoms with E-state index in [4.69, 9.17) is 0 Å². The summed E-state index contributed by atoms with van der Waals surface area (Å²) in [5.41, 5.74) is 2.84. The topological polar surface area (TPSA) is 23.6 Å². The van der Waals surface area contributed by atoms with Gasteiger partial charge in [-0.1, -0.05) is 23.8 Å². The zero-order valence-corrected chi connectivity index (χ0v) is 13.5. The number of hydrogen-bond donors (Lipinski definition) is 0. The van der Waals surface area contributed by atoms with E-state index in [1.165, 1.54) is 36.8 Å². The molecule has 0 unspecified atom stereocenters. The van der Waals surface area contributed by atoms with Crippen LogP contribution in [0.25, 0.3) is 0 Å². The molecule has 0 radical (unpaired) electrons. The minimum Gasteiger partial charge on any atom is -0.337 e. The van der Waals surface area contributed by atoms with Gasteiger partial charge in [-0.25, -0.2) is 0 Å². The lowest BCUT2D eigenvalue weighted by atomic mass is 9.85. The fraction of sp³-hybridized carbons (Fsp3) is 0.722. The smallest absolute Gasteiger partial charge is 0.239 e. The molecule has 2 saturated heterocycles. The third-order valence-electron chi connectivity index (χ3n) is 5.62. The van der Waals surface area contributed by atoms with E-state index >= 15 is 0 Å². The molecule has 3 rings (SSSR count). The van der Waals surface area contributed by atoms with E-state index in [9.17, 15) is 4.79 Å². The minimum absolute atomic E-state index is 0.0547. The molecule has 0 aromatic rings. The second-order valence-electron chi connectivity index (χ2n) is 7.11. The van der Waals surface area contributed by atoms with Crippen LogP contribution in [0.15, 0.2) is 23.8 Å². The zero-order chi connectivity index (χ0) is 15.0. The third-order valence-corrected chi connectivity index (χ3v) is 5.62. The summed E-state index contributed by atoms with van der Waals surface area (Å²) in [4.78, 5) is 17.0. The van der Waals surface area contributed by atoms with Crippen LogP contribution in [0.1, 0.15) is 46.0 Å². The Bertz CT molecular complexity index is 468. The highest BCUT2D eigenvalue weighted by molar-refractivity contribution is 5.83. The Balaban J connectivity index is 1.62. The van der Waals surface area contributed by atoms with Crippen LogP contribution in [0, 0.1) is 5.92 Å². The summed E-state index contributed by atoms with van der Waals surface area (Å²) in [7, 11) is 0. The average molecular weight is 288 g/mol. The highest BCUT2D eigenvalue weighted by Crippen LogP contribution is 2.31. The molecule has 2 aliphatic heterocycles. The molecular formula is C18H28N2O. The molecule has 0 aromatic carbocycles. The van der Waals surface area contributed by atoms with E-state index in [0.29, 0.717) is 17.9 Å². The van der Waals surface area contributed by atoms with E-state index in [1.807, 2.05) is 0 Å². The zero-order valence-electron chi connectivity index (χ0n) is 13.5. The highest BCUT2D eigenvalue weighted by Gasteiger charge is 2.40. The number of nitrogens with zero attached hydrogens (tertiary/aromatic N) is 2. The molecule has 2 fully saturated rings. The molecule has 0 aromatic heterocycles. The summed E-state index contributed by atoms with van der Waals surface area (Å²) in [6.45, 7) is 11.3. The van der Waals surface area contributed by atoms with E-state index in [-0.39, 0.29) is 6.04 Å². The standard InChI is InChI=1S/C18H28N2O/c1-13(2)16-8-6-15(7-9-16)11-19-12-17-5-4-10-20(17)18(21)14(19)3/h6,14,16-17H,1,4-5,7-12H2,2-3H3/t14-,16-,17-/m1/s1. The van der Waals surface area contributed by atoms with Crippen molar-refractivity contribution in [1.29, 1.82) is 0 Å². The number of hydrogen-bond acceptors (Lipinski definition) is 2. The van der Waals surface area contributed by atoms with Gasteiger partial charge in [-0.05, 0) is 51.9 Å². The van der Waals surface area contributed by atoms with Crippen molar-refractivity contribution in [2.45, 2.75) is 58.0 Å². The van der Waals surface area contributed by atoms with Gasteiger partial charge in [0.2, 0.25) is 5.91 Å². The van der Waals surface area contributed by atoms with Gasteiger partial charge in [-0.15, -0.1) is 0 Å². The molecule has 0 N–H and O–H groups in total. The van der Waals surface area contributed by atoms with Gasteiger partial charge in [0, 0.05) is 25.7 Å². The normalized spacial score (nSPS) is 33.8. The van der Waals surface area contributed by atoms with Crippen molar-refractivity contribution in [1.82, 2.24) is 9.80 Å². The highest BCUT2D eigenvalue weighted by atomic mass is 16.2. The Morgan fingerprint density at radius 1 is 1.43 bits per heavy atom. The van der Waals surface area contributed by atoms with Crippen LogP contribution in [-0.4, -0.2) is 47.4 Å². The van der Waals surface area contributed by atoms with E-state index in [1.54, 1.807) is 0 Å². The molecule has 0 spiro atoms. The first-order valence-electron chi connectivity index (χ1n) is 8.44. The van der Waals surface area contributed by atoms with Gasteiger partial charge in [0.05, 0.1) is 6.04 Å². The number of fused-ring (bicyclic) bond motifs is 1. The minimum atomic E-state index is 0.0547. The number of carbonyl (C=O) groups excluding carboxylic acids is 1. The molecule has 2 heterocycles. The predicted octanol–water partition coefficient (Wildman–Crippen LogP) is 2.98. The van der Waals surface area contributed by atoms with Gasteiger partial charge in [-0.3, -0.25) is 9.69 Å². The summed E-state index contributed by atoms with van der Waals surface area (Å²) in [5, 5.41) is 0. The third kappa shape index (κ3) is 2.94. The molecular weight excluding hydrogens is 260 g/mol. The van der Waals surface area contributed by atoms with Crippen LogP contribution in [0.3, 0.4) is 0 Å². The van der Waals surface area contributed by atoms with Gasteiger partial charge in [-0.2, -0.15) is 0 Å². The number of piperazine rings is 1. The van der Waals surface area contributed by atoms with Gasteiger partial charge in [0.15, 0.2) is 0 Å². The van der Waals surface area contributed by atoms with Crippen LogP contribution in [0.5, 0.6) is 0 Å². The molecule has 3 nitrogen and oxygen atoms in total. The van der Waals surface area contributed by atoms with Crippen molar-refractivity contribution < 1.29 is 4.79 Å². The van der Waals surface area contributed by atoms with Gasteiger partial charge < -0.3 is 4.90 Å². The molecule has 1 amide bonds. The summed E-state index contributed by atoms with van der Waals surface area (Å²) in [5.74, 6) is 1.01. The first kappa shape index (κ1) is 14.8.